The van der Waals surface area contributed by atoms with E-state index in [0.29, 0.717) is 6.54 Å². The fraction of sp³-hybridized carbons (Fsp3) is 0.474. The molecule has 26 heavy (non-hydrogen) atoms. The number of urea groups is 1. The maximum Gasteiger partial charge on any atom is 0.317 e. The van der Waals surface area contributed by atoms with Crippen molar-refractivity contribution in [2.24, 2.45) is 5.41 Å². The van der Waals surface area contributed by atoms with Crippen LogP contribution in [0.1, 0.15) is 24.3 Å². The zero-order chi connectivity index (χ0) is 18.0. The van der Waals surface area contributed by atoms with E-state index >= 15 is 0 Å². The number of rotatable bonds is 3. The monoisotopic (exact) mass is 374 g/mol. The molecule has 7 heteroatoms. The molecule has 2 amide bonds. The minimum absolute atomic E-state index is 0.00509. The van der Waals surface area contributed by atoms with Gasteiger partial charge in [-0.15, -0.1) is 11.3 Å². The van der Waals surface area contributed by atoms with E-state index in [1.807, 2.05) is 10.3 Å². The summed E-state index contributed by atoms with van der Waals surface area (Å²) in [5, 5.41) is 9.23. The van der Waals surface area contributed by atoms with Crippen LogP contribution >= 0.6 is 11.3 Å². The summed E-state index contributed by atoms with van der Waals surface area (Å²) in [4.78, 5) is 19.1. The Morgan fingerprint density at radius 3 is 2.96 bits per heavy atom. The van der Waals surface area contributed by atoms with E-state index in [2.05, 4.69) is 15.6 Å². The van der Waals surface area contributed by atoms with Gasteiger partial charge in [0.15, 0.2) is 0 Å². The molecule has 2 aliphatic heterocycles. The molecule has 2 aromatic rings. The minimum atomic E-state index is -0.256. The molecular formula is C19H23FN4OS. The number of carbonyl (C=O) groups excluding carboxylic acids is 1. The molecule has 1 unspecified atom stereocenters. The van der Waals surface area contributed by atoms with Crippen molar-refractivity contribution in [2.45, 2.75) is 25.8 Å². The maximum atomic E-state index is 13.0. The number of nitrogens with zero attached hydrogens (tertiary/aromatic N) is 2. The topological polar surface area (TPSA) is 57.3 Å². The van der Waals surface area contributed by atoms with Crippen molar-refractivity contribution in [3.63, 3.8) is 0 Å². The van der Waals surface area contributed by atoms with Gasteiger partial charge in [-0.2, -0.15) is 0 Å². The lowest BCUT2D eigenvalue weighted by Crippen LogP contribution is -2.50. The van der Waals surface area contributed by atoms with Crippen molar-refractivity contribution in [1.82, 2.24) is 20.5 Å². The van der Waals surface area contributed by atoms with Crippen molar-refractivity contribution >= 4 is 17.4 Å². The Balaban J connectivity index is 1.34. The average molecular weight is 374 g/mol. The first-order valence-corrected chi connectivity index (χ1v) is 9.95. The number of hydrogen-bond donors (Lipinski definition) is 2. The molecule has 0 bridgehead atoms. The first-order chi connectivity index (χ1) is 12.6. The fourth-order valence-corrected chi connectivity index (χ4v) is 4.68. The summed E-state index contributed by atoms with van der Waals surface area (Å²) in [6.07, 6.45) is 3.43. The number of piperidine rings is 1. The number of thiazole rings is 1. The van der Waals surface area contributed by atoms with Gasteiger partial charge in [-0.25, -0.2) is 14.2 Å². The van der Waals surface area contributed by atoms with E-state index in [-0.39, 0.29) is 17.3 Å². The van der Waals surface area contributed by atoms with Gasteiger partial charge in [0.05, 0.1) is 12.2 Å². The van der Waals surface area contributed by atoms with Gasteiger partial charge in [-0.3, -0.25) is 0 Å². The highest BCUT2D eigenvalue weighted by Crippen LogP contribution is 2.35. The van der Waals surface area contributed by atoms with Crippen LogP contribution in [0.4, 0.5) is 9.18 Å². The number of amides is 2. The molecule has 4 rings (SSSR count). The standard InChI is InChI=1S/C19H23FN4OS/c20-15-4-2-14(3-5-15)16-11-26-17(23-16)10-22-18(25)24-9-1-6-19(13-24)7-8-21-12-19/h2-5,11,21H,1,6-10,12-13H2,(H,22,25). The number of nitrogens with one attached hydrogen (secondary N) is 2. The number of hydrogen-bond acceptors (Lipinski definition) is 4. The summed E-state index contributed by atoms with van der Waals surface area (Å²) in [6, 6.07) is 6.29. The number of halogens is 1. The molecule has 138 valence electrons. The van der Waals surface area contributed by atoms with Gasteiger partial charge in [0.2, 0.25) is 0 Å². The second-order valence-corrected chi connectivity index (χ2v) is 8.19. The number of benzene rings is 1. The molecule has 1 atom stereocenters. The predicted molar refractivity (Wildman–Crippen MR) is 100 cm³/mol. The highest BCUT2D eigenvalue weighted by molar-refractivity contribution is 7.09. The molecule has 5 nitrogen and oxygen atoms in total. The quantitative estimate of drug-likeness (QED) is 0.867. The van der Waals surface area contributed by atoms with E-state index in [0.717, 1.165) is 55.3 Å². The lowest BCUT2D eigenvalue weighted by atomic mass is 9.79. The third-order valence-corrected chi connectivity index (χ3v) is 6.21. The molecule has 0 saturated carbocycles. The Kier molecular flexibility index (Phi) is 4.91. The molecule has 3 heterocycles. The van der Waals surface area contributed by atoms with Crippen LogP contribution in [0.15, 0.2) is 29.6 Å². The van der Waals surface area contributed by atoms with E-state index < -0.39 is 0 Å². The smallest absolute Gasteiger partial charge is 0.317 e. The van der Waals surface area contributed by atoms with Gasteiger partial charge in [-0.1, -0.05) is 0 Å². The van der Waals surface area contributed by atoms with Gasteiger partial charge in [-0.05, 0) is 50.1 Å². The Bertz CT molecular complexity index is 770. The Labute approximate surface area is 156 Å². The van der Waals surface area contributed by atoms with E-state index in [1.54, 1.807) is 12.1 Å². The van der Waals surface area contributed by atoms with Crippen LogP contribution in [0.2, 0.25) is 0 Å². The van der Waals surface area contributed by atoms with Crippen molar-refractivity contribution in [2.75, 3.05) is 26.2 Å². The Morgan fingerprint density at radius 2 is 2.19 bits per heavy atom. The predicted octanol–water partition coefficient (Wildman–Crippen LogP) is 3.23. The molecule has 1 aromatic carbocycles. The molecule has 0 aliphatic carbocycles. The fourth-order valence-electron chi connectivity index (χ4n) is 3.93. The second-order valence-electron chi connectivity index (χ2n) is 7.24. The second kappa shape index (κ2) is 7.32. The van der Waals surface area contributed by atoms with Crippen LogP contribution < -0.4 is 10.6 Å². The van der Waals surface area contributed by atoms with E-state index in [1.165, 1.54) is 29.9 Å². The average Bonchev–Trinajstić information content (AvgIpc) is 3.30. The SMILES string of the molecule is O=C(NCc1nc(-c2ccc(F)cc2)cs1)N1CCCC2(CCNC2)C1. The molecule has 2 saturated heterocycles. The van der Waals surface area contributed by atoms with Crippen LogP contribution in [0.5, 0.6) is 0 Å². The maximum absolute atomic E-state index is 13.0. The van der Waals surface area contributed by atoms with Gasteiger partial charge in [0.25, 0.3) is 0 Å². The van der Waals surface area contributed by atoms with Gasteiger partial charge >= 0.3 is 6.03 Å². The summed E-state index contributed by atoms with van der Waals surface area (Å²) in [7, 11) is 0. The third kappa shape index (κ3) is 3.73. The van der Waals surface area contributed by atoms with Gasteiger partial charge in [0.1, 0.15) is 10.8 Å². The zero-order valence-corrected chi connectivity index (χ0v) is 15.4. The minimum Gasteiger partial charge on any atom is -0.331 e. The Morgan fingerprint density at radius 1 is 1.35 bits per heavy atom. The van der Waals surface area contributed by atoms with Crippen LogP contribution in [0, 0.1) is 11.2 Å². The molecular weight excluding hydrogens is 351 g/mol. The first-order valence-electron chi connectivity index (χ1n) is 9.07. The largest absolute Gasteiger partial charge is 0.331 e. The number of aromatic nitrogens is 1. The van der Waals surface area contributed by atoms with E-state index in [9.17, 15) is 9.18 Å². The van der Waals surface area contributed by atoms with Crippen LogP contribution in [-0.2, 0) is 6.54 Å². The lowest BCUT2D eigenvalue weighted by Gasteiger charge is -2.39. The van der Waals surface area contributed by atoms with Gasteiger partial charge < -0.3 is 15.5 Å². The molecule has 2 aliphatic rings. The lowest BCUT2D eigenvalue weighted by molar-refractivity contribution is 0.118. The summed E-state index contributed by atoms with van der Waals surface area (Å²) in [5.74, 6) is -0.256. The molecule has 1 spiro atoms. The van der Waals surface area contributed by atoms with Crippen molar-refractivity contribution in [3.05, 3.63) is 40.5 Å². The van der Waals surface area contributed by atoms with Crippen LogP contribution in [-0.4, -0.2) is 42.1 Å². The number of likely N-dealkylation sites (tertiary alicyclic amines) is 1. The van der Waals surface area contributed by atoms with Crippen LogP contribution in [0.25, 0.3) is 11.3 Å². The first kappa shape index (κ1) is 17.4. The highest BCUT2D eigenvalue weighted by atomic mass is 32.1. The van der Waals surface area contributed by atoms with Crippen molar-refractivity contribution in [1.29, 1.82) is 0 Å². The molecule has 0 radical (unpaired) electrons. The number of carbonyl (C=O) groups is 1. The molecule has 2 N–H and O–H groups in total. The van der Waals surface area contributed by atoms with Crippen molar-refractivity contribution in [3.8, 4) is 11.3 Å². The summed E-state index contributed by atoms with van der Waals surface area (Å²) in [5.41, 5.74) is 1.96. The molecule has 2 fully saturated rings. The molecule has 1 aromatic heterocycles. The summed E-state index contributed by atoms with van der Waals surface area (Å²) < 4.78 is 13.0. The summed E-state index contributed by atoms with van der Waals surface area (Å²) in [6.45, 7) is 4.16. The van der Waals surface area contributed by atoms with Gasteiger partial charge in [0, 0.05) is 36.0 Å². The van der Waals surface area contributed by atoms with Crippen LogP contribution in [0.3, 0.4) is 0 Å². The highest BCUT2D eigenvalue weighted by Gasteiger charge is 2.39. The van der Waals surface area contributed by atoms with Crippen molar-refractivity contribution < 1.29 is 9.18 Å². The Hall–Kier alpha value is -1.99. The zero-order valence-electron chi connectivity index (χ0n) is 14.6. The summed E-state index contributed by atoms with van der Waals surface area (Å²) >= 11 is 1.51. The third-order valence-electron chi connectivity index (χ3n) is 5.36. The normalized spacial score (nSPS) is 22.7. The van der Waals surface area contributed by atoms with E-state index in [4.69, 9.17) is 0 Å².